The Balaban J connectivity index is 2.91. The van der Waals surface area contributed by atoms with E-state index in [-0.39, 0.29) is 0 Å². The first-order chi connectivity index (χ1) is 6.37. The van der Waals surface area contributed by atoms with E-state index >= 15 is 0 Å². The minimum absolute atomic E-state index is 0.416. The van der Waals surface area contributed by atoms with Crippen molar-refractivity contribution in [2.45, 2.75) is 76.8 Å². The molecule has 0 N–H and O–H groups in total. The van der Waals surface area contributed by atoms with Crippen LogP contribution < -0.4 is 0 Å². The number of hydrogen-bond donors (Lipinski definition) is 0. The molecule has 1 aliphatic rings. The van der Waals surface area contributed by atoms with Gasteiger partial charge in [-0.3, -0.25) is 0 Å². The van der Waals surface area contributed by atoms with Crippen LogP contribution in [0.3, 0.4) is 0 Å². The average Bonchev–Trinajstić information content (AvgIpc) is 2.51. The number of rotatable bonds is 0. The summed E-state index contributed by atoms with van der Waals surface area (Å²) < 4.78 is 0.672. The second-order valence-corrected chi connectivity index (χ2v) is 32.6. The van der Waals surface area contributed by atoms with Crippen molar-refractivity contribution >= 4 is 26.1 Å². The molecule has 0 amide bonds. The van der Waals surface area contributed by atoms with Gasteiger partial charge in [0.05, 0.1) is 0 Å². The van der Waals surface area contributed by atoms with Gasteiger partial charge in [0.1, 0.15) is 0 Å². The van der Waals surface area contributed by atoms with Crippen LogP contribution in [0, 0.1) is 0 Å². The van der Waals surface area contributed by atoms with Crippen LogP contribution >= 0.6 is 12.3 Å². The third-order valence-corrected chi connectivity index (χ3v) is 42.8. The van der Waals surface area contributed by atoms with Gasteiger partial charge in [0.2, 0.25) is 0 Å². The zero-order valence-electron chi connectivity index (χ0n) is 11.8. The first-order valence-corrected chi connectivity index (χ1v) is 15.0. The first-order valence-electron chi connectivity index (χ1n) is 5.77. The Morgan fingerprint density at radius 1 is 0.600 bits per heavy atom. The molecule has 2 atom stereocenters. The summed E-state index contributed by atoms with van der Waals surface area (Å²) in [5, 5.41) is 1.25. The second kappa shape index (κ2) is 3.97. The quantitative estimate of drug-likeness (QED) is 0.394. The van der Waals surface area contributed by atoms with E-state index in [0.29, 0.717) is 26.9 Å². The van der Waals surface area contributed by atoms with Crippen molar-refractivity contribution in [2.75, 3.05) is 0 Å². The molecule has 1 rings (SSSR count). The summed E-state index contributed by atoms with van der Waals surface area (Å²) in [4.78, 5) is 0. The molecule has 0 nitrogen and oxygen atoms in total. The molecule has 1 aliphatic heterocycles. The standard InChI is InChI=1S/C12H27AsP2/c1-10(2,3)13-14(11(4,5)6)15(13)12(7,8)9/h1-9H3. The van der Waals surface area contributed by atoms with Gasteiger partial charge in [-0.2, -0.15) is 0 Å². The van der Waals surface area contributed by atoms with Crippen LogP contribution in [0.25, 0.3) is 0 Å². The predicted molar refractivity (Wildman–Crippen MR) is 78.8 cm³/mol. The third kappa shape index (κ3) is 3.21. The second-order valence-electron chi connectivity index (χ2n) is 7.38. The van der Waals surface area contributed by atoms with Crippen LogP contribution in [-0.2, 0) is 0 Å². The van der Waals surface area contributed by atoms with E-state index < -0.39 is 13.7 Å². The third-order valence-electron chi connectivity index (χ3n) is 2.31. The van der Waals surface area contributed by atoms with Gasteiger partial charge in [0, 0.05) is 0 Å². The molecule has 2 unspecified atom stereocenters. The zero-order chi connectivity index (χ0) is 12.2. The SMILES string of the molecule is CC(C)(C)P1P(C(C)(C)C)[As]1C(C)(C)C. The normalized spacial score (nSPS) is 33.0. The van der Waals surface area contributed by atoms with Crippen LogP contribution in [0.5, 0.6) is 0 Å². The van der Waals surface area contributed by atoms with Gasteiger partial charge in [0.25, 0.3) is 0 Å². The van der Waals surface area contributed by atoms with E-state index in [4.69, 9.17) is 0 Å². The molecule has 15 heavy (non-hydrogen) atoms. The molecule has 1 saturated heterocycles. The van der Waals surface area contributed by atoms with E-state index in [1.54, 1.807) is 0 Å². The average molecular weight is 308 g/mol. The summed E-state index contributed by atoms with van der Waals surface area (Å²) in [6.07, 6.45) is 0.832. The van der Waals surface area contributed by atoms with E-state index in [2.05, 4.69) is 62.3 Å². The maximum absolute atomic E-state index is 2.50. The van der Waals surface area contributed by atoms with Gasteiger partial charge < -0.3 is 0 Å². The molecule has 0 bridgehead atoms. The summed E-state index contributed by atoms with van der Waals surface area (Å²) in [7, 11) is 0. The van der Waals surface area contributed by atoms with Gasteiger partial charge in [-0.25, -0.2) is 0 Å². The summed E-state index contributed by atoms with van der Waals surface area (Å²) in [5.41, 5.74) is 0. The molecule has 0 saturated carbocycles. The molecule has 90 valence electrons. The van der Waals surface area contributed by atoms with Crippen LogP contribution in [0.15, 0.2) is 0 Å². The predicted octanol–water partition coefficient (Wildman–Crippen LogP) is 5.76. The van der Waals surface area contributed by atoms with Gasteiger partial charge in [-0.05, 0) is 0 Å². The first kappa shape index (κ1) is 14.5. The fourth-order valence-electron chi connectivity index (χ4n) is 1.83. The molecule has 3 heteroatoms. The fraction of sp³-hybridized carbons (Fsp3) is 1.00. The molecule has 0 spiro atoms. The van der Waals surface area contributed by atoms with E-state index in [0.717, 1.165) is 0 Å². The Morgan fingerprint density at radius 2 is 0.867 bits per heavy atom. The molecule has 1 fully saturated rings. The fourth-order valence-corrected chi connectivity index (χ4v) is 63.3. The summed E-state index contributed by atoms with van der Waals surface area (Å²) >= 11 is -0.534. The Kier molecular flexibility index (Phi) is 3.83. The van der Waals surface area contributed by atoms with Crippen molar-refractivity contribution in [3.8, 4) is 0 Å². The van der Waals surface area contributed by atoms with Crippen LogP contribution in [0.4, 0.5) is 0 Å². The van der Waals surface area contributed by atoms with Crippen molar-refractivity contribution in [3.05, 3.63) is 0 Å². The minimum atomic E-state index is -0.534. The molecule has 1 heterocycles. The molecule has 0 aromatic heterocycles. The molecule has 0 aromatic rings. The van der Waals surface area contributed by atoms with Gasteiger partial charge in [0.15, 0.2) is 0 Å². The summed E-state index contributed by atoms with van der Waals surface area (Å²) in [6.45, 7) is 22.4. The van der Waals surface area contributed by atoms with E-state index in [1.807, 2.05) is 0 Å². The van der Waals surface area contributed by atoms with E-state index in [1.165, 1.54) is 0 Å². The Morgan fingerprint density at radius 3 is 0.933 bits per heavy atom. The van der Waals surface area contributed by atoms with Crippen LogP contribution in [0.1, 0.15) is 62.3 Å². The van der Waals surface area contributed by atoms with Crippen molar-refractivity contribution in [2.24, 2.45) is 0 Å². The Labute approximate surface area is 103 Å². The van der Waals surface area contributed by atoms with E-state index in [9.17, 15) is 0 Å². The molecule has 0 aromatic carbocycles. The van der Waals surface area contributed by atoms with Crippen molar-refractivity contribution in [1.29, 1.82) is 0 Å². The van der Waals surface area contributed by atoms with Crippen molar-refractivity contribution in [1.82, 2.24) is 0 Å². The zero-order valence-corrected chi connectivity index (χ0v) is 15.5. The molecular formula is C12H27AsP2. The maximum atomic E-state index is 2.50. The number of hydrogen-bond acceptors (Lipinski definition) is 0. The Bertz CT molecular complexity index is 193. The van der Waals surface area contributed by atoms with Gasteiger partial charge in [-0.1, -0.05) is 0 Å². The molecule has 0 radical (unpaired) electrons. The summed E-state index contributed by atoms with van der Waals surface area (Å²) in [5.74, 6) is 0. The van der Waals surface area contributed by atoms with Gasteiger partial charge >= 0.3 is 103 Å². The molecule has 0 aliphatic carbocycles. The Hall–Kier alpha value is 1.42. The monoisotopic (exact) mass is 308 g/mol. The molecular weight excluding hydrogens is 281 g/mol. The van der Waals surface area contributed by atoms with Crippen LogP contribution in [-0.4, -0.2) is 24.1 Å². The van der Waals surface area contributed by atoms with Crippen LogP contribution in [0.2, 0.25) is 4.20 Å². The summed E-state index contributed by atoms with van der Waals surface area (Å²) in [6, 6.07) is 0. The topological polar surface area (TPSA) is 0 Å². The van der Waals surface area contributed by atoms with Crippen molar-refractivity contribution in [3.63, 3.8) is 0 Å². The van der Waals surface area contributed by atoms with Gasteiger partial charge in [-0.15, -0.1) is 0 Å². The van der Waals surface area contributed by atoms with Crippen molar-refractivity contribution < 1.29 is 0 Å².